The number of ether oxygens (including phenoxy) is 1. The lowest BCUT2D eigenvalue weighted by molar-refractivity contribution is 0.102. The van der Waals surface area contributed by atoms with Crippen molar-refractivity contribution in [1.82, 2.24) is 4.98 Å². The van der Waals surface area contributed by atoms with Crippen LogP contribution in [0.3, 0.4) is 0 Å². The van der Waals surface area contributed by atoms with Crippen molar-refractivity contribution in [2.24, 2.45) is 0 Å². The van der Waals surface area contributed by atoms with E-state index in [1.54, 1.807) is 18.3 Å². The van der Waals surface area contributed by atoms with E-state index in [2.05, 4.69) is 15.6 Å². The van der Waals surface area contributed by atoms with Gasteiger partial charge in [0.25, 0.3) is 5.91 Å². The zero-order valence-electron chi connectivity index (χ0n) is 14.2. The molecule has 0 atom stereocenters. The van der Waals surface area contributed by atoms with Crippen LogP contribution in [0.2, 0.25) is 0 Å². The molecule has 26 heavy (non-hydrogen) atoms. The van der Waals surface area contributed by atoms with Crippen LogP contribution >= 0.6 is 0 Å². The molecule has 3 rings (SSSR count). The second-order valence-electron chi connectivity index (χ2n) is 5.48. The number of aromatic nitrogens is 1. The predicted octanol–water partition coefficient (Wildman–Crippen LogP) is 4.62. The van der Waals surface area contributed by atoms with Gasteiger partial charge in [0.2, 0.25) is 0 Å². The van der Waals surface area contributed by atoms with Crippen LogP contribution in [0.15, 0.2) is 67.0 Å². The minimum atomic E-state index is -0.413. The number of carbonyl (C=O) groups excluding carboxylic acids is 1. The summed E-state index contributed by atoms with van der Waals surface area (Å²) in [6.07, 6.45) is 3.07. The molecular formula is C20H18FN3O2. The van der Waals surface area contributed by atoms with E-state index in [-0.39, 0.29) is 5.91 Å². The number of rotatable bonds is 6. The number of pyridine rings is 1. The molecule has 2 N–H and O–H groups in total. The molecule has 0 unspecified atom stereocenters. The number of halogens is 1. The molecule has 1 aromatic heterocycles. The van der Waals surface area contributed by atoms with Crippen LogP contribution in [0.1, 0.15) is 17.3 Å². The Morgan fingerprint density at radius 2 is 1.92 bits per heavy atom. The van der Waals surface area contributed by atoms with Crippen LogP contribution < -0.4 is 15.4 Å². The Hall–Kier alpha value is -3.41. The summed E-state index contributed by atoms with van der Waals surface area (Å²) in [5.74, 6) is -0.0710. The monoisotopic (exact) mass is 351 g/mol. The quantitative estimate of drug-likeness (QED) is 0.680. The highest BCUT2D eigenvalue weighted by atomic mass is 19.1. The van der Waals surface area contributed by atoms with Gasteiger partial charge >= 0.3 is 0 Å². The average molecular weight is 351 g/mol. The van der Waals surface area contributed by atoms with Crippen molar-refractivity contribution >= 4 is 23.0 Å². The van der Waals surface area contributed by atoms with Crippen LogP contribution in [0, 0.1) is 5.82 Å². The third-order valence-corrected chi connectivity index (χ3v) is 3.55. The fraction of sp³-hybridized carbons (Fsp3) is 0.100. The Kier molecular flexibility index (Phi) is 5.43. The number of anilines is 3. The van der Waals surface area contributed by atoms with Gasteiger partial charge in [0.15, 0.2) is 0 Å². The molecule has 0 saturated carbocycles. The number of hydrogen-bond donors (Lipinski definition) is 2. The van der Waals surface area contributed by atoms with Gasteiger partial charge in [0.1, 0.15) is 11.6 Å². The Bertz CT molecular complexity index is 915. The maximum atomic E-state index is 13.2. The first kappa shape index (κ1) is 17.4. The maximum Gasteiger partial charge on any atom is 0.257 e. The molecule has 0 bridgehead atoms. The Morgan fingerprint density at radius 1 is 1.08 bits per heavy atom. The third kappa shape index (κ3) is 4.36. The van der Waals surface area contributed by atoms with Gasteiger partial charge in [-0.1, -0.05) is 18.2 Å². The standard InChI is InChI=1S/C20H18FN3O2/c1-2-26-19-9-4-3-8-18(19)23-17-10-14(12-22-13-17)20(25)24-16-7-5-6-15(21)11-16/h3-13,23H,2H2,1H3,(H,24,25). The SMILES string of the molecule is CCOc1ccccc1Nc1cncc(C(=O)Nc2cccc(F)c2)c1. The van der Waals surface area contributed by atoms with E-state index >= 15 is 0 Å². The van der Waals surface area contributed by atoms with Crippen molar-refractivity contribution in [2.75, 3.05) is 17.2 Å². The second-order valence-corrected chi connectivity index (χ2v) is 5.48. The molecule has 0 aliphatic heterocycles. The van der Waals surface area contributed by atoms with Gasteiger partial charge in [0, 0.05) is 11.9 Å². The summed E-state index contributed by atoms with van der Waals surface area (Å²) >= 11 is 0. The first-order valence-electron chi connectivity index (χ1n) is 8.16. The van der Waals surface area contributed by atoms with Gasteiger partial charge < -0.3 is 15.4 Å². The number of nitrogens with zero attached hydrogens (tertiary/aromatic N) is 1. The fourth-order valence-corrected chi connectivity index (χ4v) is 2.41. The zero-order chi connectivity index (χ0) is 18.4. The first-order valence-corrected chi connectivity index (χ1v) is 8.16. The normalized spacial score (nSPS) is 10.2. The Labute approximate surface area is 150 Å². The van der Waals surface area contributed by atoms with Gasteiger partial charge in [-0.25, -0.2) is 4.39 Å². The highest BCUT2D eigenvalue weighted by Crippen LogP contribution is 2.27. The van der Waals surface area contributed by atoms with Gasteiger partial charge in [-0.2, -0.15) is 0 Å². The highest BCUT2D eigenvalue weighted by molar-refractivity contribution is 6.04. The van der Waals surface area contributed by atoms with E-state index in [1.807, 2.05) is 31.2 Å². The molecule has 5 nitrogen and oxygen atoms in total. The summed E-state index contributed by atoms with van der Waals surface area (Å²) in [6.45, 7) is 2.46. The molecule has 0 spiro atoms. The Balaban J connectivity index is 1.77. The second kappa shape index (κ2) is 8.11. The zero-order valence-corrected chi connectivity index (χ0v) is 14.2. The maximum absolute atomic E-state index is 13.2. The van der Waals surface area contributed by atoms with Crippen molar-refractivity contribution in [3.63, 3.8) is 0 Å². The van der Waals surface area contributed by atoms with Crippen molar-refractivity contribution in [1.29, 1.82) is 0 Å². The predicted molar refractivity (Wildman–Crippen MR) is 99.5 cm³/mol. The molecule has 0 saturated heterocycles. The molecule has 6 heteroatoms. The average Bonchev–Trinajstić information content (AvgIpc) is 2.64. The summed E-state index contributed by atoms with van der Waals surface area (Å²) in [4.78, 5) is 16.5. The minimum absolute atomic E-state index is 0.355. The summed E-state index contributed by atoms with van der Waals surface area (Å²) in [7, 11) is 0. The number of benzene rings is 2. The van der Waals surface area contributed by atoms with Gasteiger partial charge in [-0.15, -0.1) is 0 Å². The molecular weight excluding hydrogens is 333 g/mol. The molecule has 1 heterocycles. The van der Waals surface area contributed by atoms with Crippen molar-refractivity contribution < 1.29 is 13.9 Å². The molecule has 0 fully saturated rings. The first-order chi connectivity index (χ1) is 12.7. The Morgan fingerprint density at radius 3 is 2.73 bits per heavy atom. The number of carbonyl (C=O) groups is 1. The van der Waals surface area contributed by atoms with E-state index in [9.17, 15) is 9.18 Å². The smallest absolute Gasteiger partial charge is 0.257 e. The third-order valence-electron chi connectivity index (χ3n) is 3.55. The summed E-state index contributed by atoms with van der Waals surface area (Å²) in [6, 6.07) is 14.9. The van der Waals surface area contributed by atoms with E-state index in [0.717, 1.165) is 5.69 Å². The lowest BCUT2D eigenvalue weighted by Crippen LogP contribution is -2.12. The number of para-hydroxylation sites is 2. The molecule has 2 aromatic carbocycles. The molecule has 132 valence electrons. The number of hydrogen-bond acceptors (Lipinski definition) is 4. The number of nitrogens with one attached hydrogen (secondary N) is 2. The van der Waals surface area contributed by atoms with Crippen LogP contribution in [-0.4, -0.2) is 17.5 Å². The molecule has 0 aliphatic rings. The minimum Gasteiger partial charge on any atom is -0.492 e. The summed E-state index contributed by atoms with van der Waals surface area (Å²) in [5.41, 5.74) is 2.16. The van der Waals surface area contributed by atoms with Gasteiger partial charge in [-0.05, 0) is 43.3 Å². The number of amides is 1. The van der Waals surface area contributed by atoms with E-state index in [4.69, 9.17) is 4.74 Å². The molecule has 3 aromatic rings. The summed E-state index contributed by atoms with van der Waals surface area (Å²) in [5, 5.41) is 5.85. The van der Waals surface area contributed by atoms with Crippen LogP contribution in [0.25, 0.3) is 0 Å². The van der Waals surface area contributed by atoms with E-state index < -0.39 is 5.82 Å². The lowest BCUT2D eigenvalue weighted by atomic mass is 10.2. The summed E-state index contributed by atoms with van der Waals surface area (Å²) < 4.78 is 18.8. The molecule has 0 radical (unpaired) electrons. The van der Waals surface area contributed by atoms with Crippen LogP contribution in [-0.2, 0) is 0 Å². The van der Waals surface area contributed by atoms with Crippen LogP contribution in [0.4, 0.5) is 21.5 Å². The van der Waals surface area contributed by atoms with Gasteiger partial charge in [-0.3, -0.25) is 9.78 Å². The topological polar surface area (TPSA) is 63.2 Å². The fourth-order valence-electron chi connectivity index (χ4n) is 2.41. The van der Waals surface area contributed by atoms with E-state index in [1.165, 1.54) is 24.4 Å². The largest absolute Gasteiger partial charge is 0.492 e. The highest BCUT2D eigenvalue weighted by Gasteiger charge is 2.09. The van der Waals surface area contributed by atoms with Gasteiger partial charge in [0.05, 0.1) is 29.7 Å². The van der Waals surface area contributed by atoms with Crippen molar-refractivity contribution in [3.05, 3.63) is 78.4 Å². The lowest BCUT2D eigenvalue weighted by Gasteiger charge is -2.12. The van der Waals surface area contributed by atoms with Crippen molar-refractivity contribution in [2.45, 2.75) is 6.92 Å². The van der Waals surface area contributed by atoms with Crippen LogP contribution in [0.5, 0.6) is 5.75 Å². The van der Waals surface area contributed by atoms with E-state index in [0.29, 0.717) is 29.3 Å². The molecule has 0 aliphatic carbocycles. The molecule has 1 amide bonds. The van der Waals surface area contributed by atoms with Crippen molar-refractivity contribution in [3.8, 4) is 5.75 Å².